The van der Waals surface area contributed by atoms with Gasteiger partial charge >= 0.3 is 0 Å². The highest BCUT2D eigenvalue weighted by Gasteiger charge is 2.15. The third kappa shape index (κ3) is 6.40. The topological polar surface area (TPSA) is 80.6 Å². The van der Waals surface area contributed by atoms with E-state index in [2.05, 4.69) is 17.4 Å². The molecule has 186 valence electrons. The Morgan fingerprint density at radius 2 is 1.76 bits per heavy atom. The van der Waals surface area contributed by atoms with E-state index in [4.69, 9.17) is 25.8 Å². The van der Waals surface area contributed by atoms with Gasteiger partial charge < -0.3 is 19.5 Å². The van der Waals surface area contributed by atoms with Gasteiger partial charge in [-0.1, -0.05) is 48.0 Å². The number of benzene rings is 4. The molecule has 0 aliphatic rings. The lowest BCUT2D eigenvalue weighted by atomic mass is 10.1. The minimum Gasteiger partial charge on any atom is -0.494 e. The van der Waals surface area contributed by atoms with Gasteiger partial charge in [-0.05, 0) is 77.4 Å². The Labute approximate surface area is 220 Å². The molecular weight excluding hydrogens is 488 g/mol. The van der Waals surface area contributed by atoms with E-state index in [-0.39, 0.29) is 5.57 Å². The molecule has 0 atom stereocenters. The van der Waals surface area contributed by atoms with E-state index in [0.717, 1.165) is 16.3 Å². The van der Waals surface area contributed by atoms with Crippen LogP contribution in [0.25, 0.3) is 16.8 Å². The van der Waals surface area contributed by atoms with E-state index < -0.39 is 5.91 Å². The van der Waals surface area contributed by atoms with Crippen molar-refractivity contribution in [1.29, 1.82) is 5.26 Å². The number of methoxy groups -OCH3 is 1. The molecule has 0 spiro atoms. The molecule has 1 N–H and O–H groups in total. The van der Waals surface area contributed by atoms with Gasteiger partial charge in [-0.25, -0.2) is 0 Å². The number of nitrogens with zero attached hydrogens (tertiary/aromatic N) is 1. The summed E-state index contributed by atoms with van der Waals surface area (Å²) in [5.74, 6) is 0.926. The van der Waals surface area contributed by atoms with E-state index in [9.17, 15) is 10.1 Å². The molecule has 4 aromatic carbocycles. The third-order valence-corrected chi connectivity index (χ3v) is 5.83. The first-order chi connectivity index (χ1) is 18.0. The summed E-state index contributed by atoms with van der Waals surface area (Å²) in [6, 6.07) is 26.4. The fourth-order valence-corrected chi connectivity index (χ4v) is 4.04. The SMILES string of the molecule is CCOc1ccc(NC(=O)C(C#N)=Cc2cc(Cl)c(OCc3ccc4ccccc4c3)c(OC)c2)cc1. The van der Waals surface area contributed by atoms with E-state index >= 15 is 0 Å². The quantitative estimate of drug-likeness (QED) is 0.192. The Morgan fingerprint density at radius 3 is 2.46 bits per heavy atom. The first-order valence-electron chi connectivity index (χ1n) is 11.6. The second-order valence-corrected chi connectivity index (χ2v) is 8.49. The van der Waals surface area contributed by atoms with Crippen LogP contribution in [0.4, 0.5) is 5.69 Å². The Balaban J connectivity index is 1.50. The van der Waals surface area contributed by atoms with Crippen molar-refractivity contribution in [2.75, 3.05) is 19.0 Å². The number of carbonyl (C=O) groups excluding carboxylic acids is 1. The van der Waals surface area contributed by atoms with Crippen LogP contribution in [0.1, 0.15) is 18.1 Å². The normalized spacial score (nSPS) is 11.0. The van der Waals surface area contributed by atoms with Crippen LogP contribution >= 0.6 is 11.6 Å². The number of amides is 1. The molecule has 4 rings (SSSR count). The van der Waals surface area contributed by atoms with Gasteiger partial charge in [-0.15, -0.1) is 0 Å². The van der Waals surface area contributed by atoms with Gasteiger partial charge in [0.15, 0.2) is 11.5 Å². The largest absolute Gasteiger partial charge is 0.494 e. The molecule has 0 saturated carbocycles. The molecule has 0 fully saturated rings. The molecule has 0 aliphatic heterocycles. The van der Waals surface area contributed by atoms with Crippen molar-refractivity contribution in [1.82, 2.24) is 0 Å². The van der Waals surface area contributed by atoms with Crippen LogP contribution in [0, 0.1) is 11.3 Å². The van der Waals surface area contributed by atoms with E-state index in [1.807, 2.05) is 43.3 Å². The predicted octanol–water partition coefficient (Wildman–Crippen LogP) is 7.03. The van der Waals surface area contributed by atoms with Crippen molar-refractivity contribution < 1.29 is 19.0 Å². The summed E-state index contributed by atoms with van der Waals surface area (Å²) in [6.45, 7) is 2.74. The lowest BCUT2D eigenvalue weighted by Crippen LogP contribution is -2.13. The number of rotatable bonds is 9. The van der Waals surface area contributed by atoms with Crippen molar-refractivity contribution in [3.63, 3.8) is 0 Å². The Bertz CT molecular complexity index is 1490. The summed E-state index contributed by atoms with van der Waals surface area (Å²) in [6.07, 6.45) is 1.45. The highest BCUT2D eigenvalue weighted by atomic mass is 35.5. The summed E-state index contributed by atoms with van der Waals surface area (Å²) < 4.78 is 16.9. The Kier molecular flexibility index (Phi) is 8.29. The minimum absolute atomic E-state index is 0.0863. The van der Waals surface area contributed by atoms with E-state index in [1.54, 1.807) is 36.4 Å². The third-order valence-electron chi connectivity index (χ3n) is 5.55. The minimum atomic E-state index is -0.543. The molecule has 0 saturated heterocycles. The zero-order valence-electron chi connectivity index (χ0n) is 20.5. The van der Waals surface area contributed by atoms with E-state index in [0.29, 0.717) is 46.7 Å². The van der Waals surface area contributed by atoms with Crippen LogP contribution < -0.4 is 19.5 Å². The Hall–Kier alpha value is -4.47. The molecule has 0 heterocycles. The predicted molar refractivity (Wildman–Crippen MR) is 146 cm³/mol. The van der Waals surface area contributed by atoms with Gasteiger partial charge in [-0.2, -0.15) is 5.26 Å². The van der Waals surface area contributed by atoms with Crippen molar-refractivity contribution >= 4 is 40.0 Å². The second kappa shape index (κ2) is 12.0. The lowest BCUT2D eigenvalue weighted by Gasteiger charge is -2.14. The van der Waals surface area contributed by atoms with E-state index in [1.165, 1.54) is 13.2 Å². The zero-order chi connectivity index (χ0) is 26.2. The smallest absolute Gasteiger partial charge is 0.266 e. The molecule has 0 bridgehead atoms. The monoisotopic (exact) mass is 512 g/mol. The maximum atomic E-state index is 12.7. The fraction of sp³-hybridized carbons (Fsp3) is 0.133. The van der Waals surface area contributed by atoms with Gasteiger partial charge in [0.25, 0.3) is 5.91 Å². The highest BCUT2D eigenvalue weighted by molar-refractivity contribution is 6.32. The maximum Gasteiger partial charge on any atom is 0.266 e. The molecule has 0 radical (unpaired) electrons. The zero-order valence-corrected chi connectivity index (χ0v) is 21.2. The number of carbonyl (C=O) groups is 1. The molecule has 6 nitrogen and oxygen atoms in total. The van der Waals surface area contributed by atoms with Crippen molar-refractivity contribution in [3.05, 3.63) is 101 Å². The van der Waals surface area contributed by atoms with Crippen LogP contribution in [-0.4, -0.2) is 19.6 Å². The molecule has 0 aliphatic carbocycles. The lowest BCUT2D eigenvalue weighted by molar-refractivity contribution is -0.112. The number of hydrogen-bond acceptors (Lipinski definition) is 5. The number of fused-ring (bicyclic) bond motifs is 1. The molecular formula is C30H25ClN2O4. The summed E-state index contributed by atoms with van der Waals surface area (Å²) >= 11 is 6.52. The van der Waals surface area contributed by atoms with Crippen LogP contribution in [-0.2, 0) is 11.4 Å². The van der Waals surface area contributed by atoms with Crippen LogP contribution in [0.15, 0.2) is 84.4 Å². The van der Waals surface area contributed by atoms with Gasteiger partial charge in [0, 0.05) is 5.69 Å². The summed E-state index contributed by atoms with van der Waals surface area (Å²) in [5, 5.41) is 14.9. The molecule has 1 amide bonds. The molecule has 4 aromatic rings. The van der Waals surface area contributed by atoms with Gasteiger partial charge in [-0.3, -0.25) is 4.79 Å². The molecule has 7 heteroatoms. The standard InChI is InChI=1S/C30H25ClN2O4/c1-3-36-26-12-10-25(11-13-26)33-30(34)24(18-32)15-21-16-27(31)29(28(17-21)35-2)37-19-20-8-9-22-6-4-5-7-23(22)14-20/h4-17H,3,19H2,1-2H3,(H,33,34). The number of hydrogen-bond donors (Lipinski definition) is 1. The van der Waals surface area contributed by atoms with Crippen molar-refractivity contribution in [2.24, 2.45) is 0 Å². The number of nitrogens with one attached hydrogen (secondary N) is 1. The highest BCUT2D eigenvalue weighted by Crippen LogP contribution is 2.37. The number of nitriles is 1. The molecule has 0 aromatic heterocycles. The number of anilines is 1. The van der Waals surface area contributed by atoms with Gasteiger partial charge in [0.2, 0.25) is 0 Å². The fourth-order valence-electron chi connectivity index (χ4n) is 3.76. The van der Waals surface area contributed by atoms with Crippen LogP contribution in [0.3, 0.4) is 0 Å². The average Bonchev–Trinajstić information content (AvgIpc) is 2.91. The summed E-state index contributed by atoms with van der Waals surface area (Å²) in [7, 11) is 1.51. The van der Waals surface area contributed by atoms with Crippen molar-refractivity contribution in [3.8, 4) is 23.3 Å². The molecule has 0 unspecified atom stereocenters. The molecule has 37 heavy (non-hydrogen) atoms. The van der Waals surface area contributed by atoms with Crippen LogP contribution in [0.2, 0.25) is 5.02 Å². The first-order valence-corrected chi connectivity index (χ1v) is 12.0. The van der Waals surface area contributed by atoms with Gasteiger partial charge in [0.05, 0.1) is 18.7 Å². The van der Waals surface area contributed by atoms with Crippen molar-refractivity contribution in [2.45, 2.75) is 13.5 Å². The first kappa shape index (κ1) is 25.6. The summed E-state index contributed by atoms with van der Waals surface area (Å²) in [5.41, 5.74) is 1.97. The summed E-state index contributed by atoms with van der Waals surface area (Å²) in [4.78, 5) is 12.7. The average molecular weight is 513 g/mol. The second-order valence-electron chi connectivity index (χ2n) is 8.09. The number of halogens is 1. The maximum absolute atomic E-state index is 12.7. The Morgan fingerprint density at radius 1 is 1.00 bits per heavy atom. The van der Waals surface area contributed by atoms with Crippen LogP contribution in [0.5, 0.6) is 17.2 Å². The van der Waals surface area contributed by atoms with Gasteiger partial charge in [0.1, 0.15) is 24.0 Å². The number of ether oxygens (including phenoxy) is 3.